The largest absolute Gasteiger partial charge is 0.381 e. The van der Waals surface area contributed by atoms with Crippen LogP contribution in [0.5, 0.6) is 0 Å². The molecule has 2 saturated heterocycles. The molecule has 0 aliphatic carbocycles. The summed E-state index contributed by atoms with van der Waals surface area (Å²) in [5.74, 6) is 0.181. The normalized spacial score (nSPS) is 33.8. The van der Waals surface area contributed by atoms with Gasteiger partial charge >= 0.3 is 0 Å². The molecule has 1 aromatic carbocycles. The molecule has 0 saturated carbocycles. The van der Waals surface area contributed by atoms with Crippen molar-refractivity contribution in [2.45, 2.75) is 24.5 Å². The Balaban J connectivity index is 1.92. The molecule has 78 valence electrons. The van der Waals surface area contributed by atoms with E-state index in [2.05, 4.69) is 0 Å². The minimum atomic E-state index is -0.798. The number of benzene rings is 1. The van der Waals surface area contributed by atoms with Gasteiger partial charge in [-0.2, -0.15) is 0 Å². The lowest BCUT2D eigenvalue weighted by molar-refractivity contribution is -0.166. The quantitative estimate of drug-likeness (QED) is 0.736. The van der Waals surface area contributed by atoms with Crippen molar-refractivity contribution in [2.75, 3.05) is 6.54 Å². The van der Waals surface area contributed by atoms with Gasteiger partial charge in [-0.05, 0) is 12.0 Å². The second kappa shape index (κ2) is 2.83. The smallest absolute Gasteiger partial charge is 0.223 e. The number of hydrogen-bond donors (Lipinski definition) is 1. The first-order valence-corrected chi connectivity index (χ1v) is 5.29. The second-order valence-electron chi connectivity index (χ2n) is 4.37. The number of hydrogen-bond acceptors (Lipinski definition) is 2. The fraction of sp³-hybridized carbons (Fsp3) is 0.417. The van der Waals surface area contributed by atoms with Crippen LogP contribution >= 0.6 is 0 Å². The summed E-state index contributed by atoms with van der Waals surface area (Å²) in [5.41, 5.74) is 0.133. The lowest BCUT2D eigenvalue weighted by Gasteiger charge is -2.51. The van der Waals surface area contributed by atoms with E-state index in [0.29, 0.717) is 13.0 Å². The first kappa shape index (κ1) is 8.92. The van der Waals surface area contributed by atoms with Crippen molar-refractivity contribution in [1.82, 2.24) is 4.90 Å². The first-order valence-electron chi connectivity index (χ1n) is 5.29. The summed E-state index contributed by atoms with van der Waals surface area (Å²) >= 11 is 0. The average molecular weight is 203 g/mol. The molecule has 15 heavy (non-hydrogen) atoms. The molecule has 1 N–H and O–H groups in total. The summed E-state index contributed by atoms with van der Waals surface area (Å²) in [4.78, 5) is 13.2. The van der Waals surface area contributed by atoms with E-state index in [1.807, 2.05) is 30.3 Å². The molecule has 0 bridgehead atoms. The SMILES string of the molecule is O=C1CC[C@@H]2N1C[C@]2(O)c1ccccc1. The Morgan fingerprint density at radius 2 is 2.07 bits per heavy atom. The summed E-state index contributed by atoms with van der Waals surface area (Å²) in [6.45, 7) is 0.459. The second-order valence-corrected chi connectivity index (χ2v) is 4.37. The predicted octanol–water partition coefficient (Wildman–Crippen LogP) is 0.879. The van der Waals surface area contributed by atoms with Crippen LogP contribution in [-0.2, 0) is 10.4 Å². The van der Waals surface area contributed by atoms with E-state index in [1.165, 1.54) is 0 Å². The Hall–Kier alpha value is -1.35. The van der Waals surface area contributed by atoms with Gasteiger partial charge < -0.3 is 10.0 Å². The van der Waals surface area contributed by atoms with Crippen LogP contribution in [0.3, 0.4) is 0 Å². The van der Waals surface area contributed by atoms with Crippen LogP contribution in [0.1, 0.15) is 18.4 Å². The van der Waals surface area contributed by atoms with Gasteiger partial charge in [0.1, 0.15) is 5.60 Å². The highest BCUT2D eigenvalue weighted by atomic mass is 16.3. The Morgan fingerprint density at radius 3 is 2.73 bits per heavy atom. The molecule has 1 aromatic rings. The third-order valence-corrected chi connectivity index (χ3v) is 3.56. The molecule has 2 aliphatic heterocycles. The molecule has 1 amide bonds. The van der Waals surface area contributed by atoms with Gasteiger partial charge in [-0.3, -0.25) is 4.79 Å². The Labute approximate surface area is 88.3 Å². The molecular weight excluding hydrogens is 190 g/mol. The molecule has 3 heteroatoms. The monoisotopic (exact) mass is 203 g/mol. The average Bonchev–Trinajstić information content (AvgIpc) is 2.56. The van der Waals surface area contributed by atoms with E-state index in [-0.39, 0.29) is 11.9 Å². The van der Waals surface area contributed by atoms with E-state index in [4.69, 9.17) is 0 Å². The molecule has 2 fully saturated rings. The van der Waals surface area contributed by atoms with Gasteiger partial charge in [0.25, 0.3) is 0 Å². The maximum Gasteiger partial charge on any atom is 0.223 e. The zero-order valence-corrected chi connectivity index (χ0v) is 8.39. The summed E-state index contributed by atoms with van der Waals surface area (Å²) in [5, 5.41) is 10.5. The van der Waals surface area contributed by atoms with E-state index < -0.39 is 5.60 Å². The van der Waals surface area contributed by atoms with Crippen molar-refractivity contribution in [3.05, 3.63) is 35.9 Å². The molecule has 0 aromatic heterocycles. The fourth-order valence-corrected chi connectivity index (χ4v) is 2.69. The van der Waals surface area contributed by atoms with E-state index in [0.717, 1.165) is 12.0 Å². The maximum absolute atomic E-state index is 11.4. The van der Waals surface area contributed by atoms with Crippen molar-refractivity contribution in [3.8, 4) is 0 Å². The van der Waals surface area contributed by atoms with E-state index in [9.17, 15) is 9.90 Å². The van der Waals surface area contributed by atoms with Crippen molar-refractivity contribution >= 4 is 5.91 Å². The number of nitrogens with zero attached hydrogens (tertiary/aromatic N) is 1. The predicted molar refractivity (Wildman–Crippen MR) is 55.1 cm³/mol. The first-order chi connectivity index (χ1) is 7.22. The third-order valence-electron chi connectivity index (χ3n) is 3.56. The van der Waals surface area contributed by atoms with Crippen LogP contribution in [0.15, 0.2) is 30.3 Å². The van der Waals surface area contributed by atoms with Gasteiger partial charge in [-0.15, -0.1) is 0 Å². The van der Waals surface area contributed by atoms with E-state index >= 15 is 0 Å². The van der Waals surface area contributed by atoms with Gasteiger partial charge in [-0.25, -0.2) is 0 Å². The highest BCUT2D eigenvalue weighted by Gasteiger charge is 2.57. The van der Waals surface area contributed by atoms with E-state index in [1.54, 1.807) is 4.90 Å². The molecule has 2 heterocycles. The van der Waals surface area contributed by atoms with Crippen molar-refractivity contribution in [1.29, 1.82) is 0 Å². The van der Waals surface area contributed by atoms with Crippen molar-refractivity contribution in [2.24, 2.45) is 0 Å². The summed E-state index contributed by atoms with van der Waals surface area (Å²) in [6.07, 6.45) is 1.37. The van der Waals surface area contributed by atoms with Crippen LogP contribution in [0, 0.1) is 0 Å². The standard InChI is InChI=1S/C12H13NO2/c14-11-7-6-10-12(15,8-13(10)11)9-4-2-1-3-5-9/h1-5,10,15H,6-8H2/t10-,12-/m0/s1. The fourth-order valence-electron chi connectivity index (χ4n) is 2.69. The highest BCUT2D eigenvalue weighted by Crippen LogP contribution is 2.44. The van der Waals surface area contributed by atoms with Crippen LogP contribution in [0.25, 0.3) is 0 Å². The van der Waals surface area contributed by atoms with Crippen LogP contribution in [0.4, 0.5) is 0 Å². The zero-order chi connectivity index (χ0) is 10.5. The van der Waals surface area contributed by atoms with Gasteiger partial charge in [0.2, 0.25) is 5.91 Å². The number of carbonyl (C=O) groups excluding carboxylic acids is 1. The maximum atomic E-state index is 11.4. The number of fused-ring (bicyclic) bond motifs is 1. The van der Waals surface area contributed by atoms with Gasteiger partial charge in [-0.1, -0.05) is 30.3 Å². The summed E-state index contributed by atoms with van der Waals surface area (Å²) < 4.78 is 0. The third kappa shape index (κ3) is 1.07. The lowest BCUT2D eigenvalue weighted by atomic mass is 9.78. The van der Waals surface area contributed by atoms with Crippen LogP contribution in [-0.4, -0.2) is 28.5 Å². The molecule has 3 rings (SSSR count). The lowest BCUT2D eigenvalue weighted by Crippen LogP contribution is -2.65. The van der Waals surface area contributed by atoms with Crippen LogP contribution in [0.2, 0.25) is 0 Å². The topological polar surface area (TPSA) is 40.5 Å². The molecule has 3 nitrogen and oxygen atoms in total. The Kier molecular flexibility index (Phi) is 1.68. The van der Waals surface area contributed by atoms with Gasteiger partial charge in [0, 0.05) is 6.42 Å². The van der Waals surface area contributed by atoms with Crippen molar-refractivity contribution < 1.29 is 9.90 Å². The van der Waals surface area contributed by atoms with Gasteiger partial charge in [0.15, 0.2) is 0 Å². The van der Waals surface area contributed by atoms with Gasteiger partial charge in [0.05, 0.1) is 12.6 Å². The summed E-state index contributed by atoms with van der Waals surface area (Å²) in [6, 6.07) is 9.65. The molecular formula is C12H13NO2. The molecule has 2 aliphatic rings. The molecule has 0 unspecified atom stereocenters. The Bertz CT molecular complexity index is 403. The number of rotatable bonds is 1. The Morgan fingerprint density at radius 1 is 1.33 bits per heavy atom. The zero-order valence-electron chi connectivity index (χ0n) is 8.39. The number of amides is 1. The van der Waals surface area contributed by atoms with Crippen molar-refractivity contribution in [3.63, 3.8) is 0 Å². The molecule has 0 radical (unpaired) electrons. The number of carbonyl (C=O) groups is 1. The molecule has 0 spiro atoms. The number of aliphatic hydroxyl groups is 1. The molecule has 2 atom stereocenters. The highest BCUT2D eigenvalue weighted by molar-refractivity contribution is 5.80. The van der Waals surface area contributed by atoms with Crippen LogP contribution < -0.4 is 0 Å². The minimum Gasteiger partial charge on any atom is -0.381 e. The summed E-state index contributed by atoms with van der Waals surface area (Å²) in [7, 11) is 0. The minimum absolute atomic E-state index is 0.00685.